The summed E-state index contributed by atoms with van der Waals surface area (Å²) in [6.07, 6.45) is -4.12. The molecule has 0 unspecified atom stereocenters. The van der Waals surface area contributed by atoms with Crippen molar-refractivity contribution in [2.24, 2.45) is 0 Å². The third-order valence-corrected chi connectivity index (χ3v) is 3.08. The second kappa shape index (κ2) is 6.22. The monoisotopic (exact) mass is 252 g/mol. The molecule has 0 aliphatic heterocycles. The first-order chi connectivity index (χ1) is 7.49. The molecule has 0 fully saturated rings. The molecule has 0 aromatic carbocycles. The van der Waals surface area contributed by atoms with Gasteiger partial charge in [-0.1, -0.05) is 0 Å². The van der Waals surface area contributed by atoms with E-state index in [0.717, 1.165) is 6.54 Å². The Kier molecular flexibility index (Phi) is 5.24. The van der Waals surface area contributed by atoms with Crippen LogP contribution in [0.15, 0.2) is 11.4 Å². The van der Waals surface area contributed by atoms with Crippen LogP contribution in [0.4, 0.5) is 13.2 Å². The lowest BCUT2D eigenvalue weighted by atomic mass is 10.3. The predicted molar refractivity (Wildman–Crippen MR) is 59.7 cm³/mol. The van der Waals surface area contributed by atoms with Gasteiger partial charge in [0.2, 0.25) is 0 Å². The van der Waals surface area contributed by atoms with Crippen molar-refractivity contribution in [3.8, 4) is 0 Å². The third kappa shape index (κ3) is 5.48. The zero-order valence-electron chi connectivity index (χ0n) is 9.03. The fourth-order valence-corrected chi connectivity index (χ4v) is 2.07. The van der Waals surface area contributed by atoms with E-state index in [-0.39, 0.29) is 0 Å². The second-order valence-electron chi connectivity index (χ2n) is 3.50. The molecule has 2 nitrogen and oxygen atoms in total. The predicted octanol–water partition coefficient (Wildman–Crippen LogP) is 2.30. The van der Waals surface area contributed by atoms with Crippen LogP contribution < -0.4 is 10.6 Å². The molecule has 0 bridgehead atoms. The smallest absolute Gasteiger partial charge is 0.311 e. The van der Waals surface area contributed by atoms with Gasteiger partial charge in [0.1, 0.15) is 0 Å². The van der Waals surface area contributed by atoms with Crippen molar-refractivity contribution in [3.63, 3.8) is 0 Å². The Bertz CT molecular complexity index is 309. The minimum atomic E-state index is -4.12. The van der Waals surface area contributed by atoms with Gasteiger partial charge in [0.25, 0.3) is 0 Å². The van der Waals surface area contributed by atoms with Gasteiger partial charge in [0.15, 0.2) is 0 Å². The van der Waals surface area contributed by atoms with Crippen molar-refractivity contribution < 1.29 is 13.2 Å². The Morgan fingerprint density at radius 2 is 1.94 bits per heavy atom. The van der Waals surface area contributed by atoms with Crippen LogP contribution in [0.25, 0.3) is 0 Å². The summed E-state index contributed by atoms with van der Waals surface area (Å²) in [5.74, 6) is 0. The first kappa shape index (κ1) is 13.5. The Labute approximate surface area is 96.9 Å². The van der Waals surface area contributed by atoms with Crippen molar-refractivity contribution in [2.45, 2.75) is 19.6 Å². The van der Waals surface area contributed by atoms with Crippen LogP contribution in [0, 0.1) is 6.92 Å². The fraction of sp³-hybridized carbons (Fsp3) is 0.600. The molecule has 0 aliphatic rings. The molecule has 1 aromatic rings. The molecule has 0 saturated heterocycles. The van der Waals surface area contributed by atoms with Crippen LogP contribution in [0.2, 0.25) is 0 Å². The van der Waals surface area contributed by atoms with Crippen LogP contribution >= 0.6 is 11.3 Å². The number of alkyl halides is 3. The molecule has 1 rings (SSSR count). The molecule has 0 atom stereocenters. The fourth-order valence-electron chi connectivity index (χ4n) is 1.19. The van der Waals surface area contributed by atoms with Crippen LogP contribution in [0.3, 0.4) is 0 Å². The summed E-state index contributed by atoms with van der Waals surface area (Å²) >= 11 is 1.65. The zero-order valence-corrected chi connectivity index (χ0v) is 9.84. The highest BCUT2D eigenvalue weighted by Crippen LogP contribution is 2.14. The van der Waals surface area contributed by atoms with Gasteiger partial charge in [-0.15, -0.1) is 11.3 Å². The first-order valence-corrected chi connectivity index (χ1v) is 5.88. The summed E-state index contributed by atoms with van der Waals surface area (Å²) in [5, 5.41) is 7.44. The average molecular weight is 252 g/mol. The number of aryl methyl sites for hydroxylation is 1. The quantitative estimate of drug-likeness (QED) is 0.759. The van der Waals surface area contributed by atoms with E-state index in [0.29, 0.717) is 13.1 Å². The van der Waals surface area contributed by atoms with E-state index in [9.17, 15) is 13.2 Å². The molecule has 6 heteroatoms. The van der Waals surface area contributed by atoms with Crippen molar-refractivity contribution in [2.75, 3.05) is 19.6 Å². The van der Waals surface area contributed by atoms with E-state index >= 15 is 0 Å². The van der Waals surface area contributed by atoms with Crippen LogP contribution in [-0.4, -0.2) is 25.8 Å². The molecule has 0 saturated carbocycles. The van der Waals surface area contributed by atoms with Crippen LogP contribution in [0.5, 0.6) is 0 Å². The molecule has 0 spiro atoms. The summed E-state index contributed by atoms with van der Waals surface area (Å²) in [6.45, 7) is 2.68. The van der Waals surface area contributed by atoms with Gasteiger partial charge in [-0.05, 0) is 23.9 Å². The lowest BCUT2D eigenvalue weighted by Crippen LogP contribution is -2.34. The van der Waals surface area contributed by atoms with Crippen molar-refractivity contribution in [1.29, 1.82) is 0 Å². The maximum Gasteiger partial charge on any atom is 0.401 e. The maximum absolute atomic E-state index is 11.8. The van der Waals surface area contributed by atoms with Crippen molar-refractivity contribution in [3.05, 3.63) is 21.9 Å². The number of hydrogen-bond donors (Lipinski definition) is 2. The standard InChI is InChI=1S/C10H15F3N2S/c1-8-2-5-16-9(8)6-14-3-4-15-7-10(11,12)13/h2,5,14-15H,3-4,6-7H2,1H3. The highest BCUT2D eigenvalue weighted by Gasteiger charge is 2.25. The number of hydrogen-bond acceptors (Lipinski definition) is 3. The number of halogens is 3. The molecule has 0 aliphatic carbocycles. The van der Waals surface area contributed by atoms with E-state index in [1.807, 2.05) is 18.4 Å². The Hall–Kier alpha value is -0.590. The van der Waals surface area contributed by atoms with Gasteiger partial charge < -0.3 is 10.6 Å². The second-order valence-corrected chi connectivity index (χ2v) is 4.50. The Balaban J connectivity index is 2.03. The summed E-state index contributed by atoms with van der Waals surface area (Å²) in [4.78, 5) is 1.23. The molecule has 1 aromatic heterocycles. The van der Waals surface area contributed by atoms with Crippen LogP contribution in [0.1, 0.15) is 10.4 Å². The van der Waals surface area contributed by atoms with E-state index in [1.165, 1.54) is 10.4 Å². The summed E-state index contributed by atoms with van der Waals surface area (Å²) < 4.78 is 35.3. The number of rotatable bonds is 6. The number of thiophene rings is 1. The van der Waals surface area contributed by atoms with Gasteiger partial charge >= 0.3 is 6.18 Å². The lowest BCUT2D eigenvalue weighted by Gasteiger charge is -2.08. The lowest BCUT2D eigenvalue weighted by molar-refractivity contribution is -0.124. The topological polar surface area (TPSA) is 24.1 Å². The molecular formula is C10H15F3N2S. The molecule has 2 N–H and O–H groups in total. The van der Waals surface area contributed by atoms with Crippen molar-refractivity contribution in [1.82, 2.24) is 10.6 Å². The highest BCUT2D eigenvalue weighted by molar-refractivity contribution is 7.10. The highest BCUT2D eigenvalue weighted by atomic mass is 32.1. The van der Waals surface area contributed by atoms with Crippen molar-refractivity contribution >= 4 is 11.3 Å². The summed E-state index contributed by atoms with van der Waals surface area (Å²) in [7, 11) is 0. The van der Waals surface area contributed by atoms with E-state index in [2.05, 4.69) is 10.6 Å². The molecule has 1 heterocycles. The molecule has 0 amide bonds. The average Bonchev–Trinajstić information content (AvgIpc) is 2.56. The van der Waals surface area contributed by atoms with E-state index in [1.54, 1.807) is 11.3 Å². The summed E-state index contributed by atoms with van der Waals surface area (Å²) in [5.41, 5.74) is 1.22. The molecule has 16 heavy (non-hydrogen) atoms. The van der Waals surface area contributed by atoms with Gasteiger partial charge in [0, 0.05) is 24.5 Å². The molecular weight excluding hydrogens is 237 g/mol. The molecule has 0 radical (unpaired) electrons. The molecule has 92 valence electrons. The Morgan fingerprint density at radius 1 is 1.25 bits per heavy atom. The zero-order chi connectivity index (χ0) is 12.0. The van der Waals surface area contributed by atoms with Gasteiger partial charge in [-0.25, -0.2) is 0 Å². The van der Waals surface area contributed by atoms with Gasteiger partial charge in [-0.3, -0.25) is 0 Å². The SMILES string of the molecule is Cc1ccsc1CNCCNCC(F)(F)F. The normalized spacial score (nSPS) is 12.0. The van der Waals surface area contributed by atoms with Crippen LogP contribution in [-0.2, 0) is 6.54 Å². The number of nitrogens with one attached hydrogen (secondary N) is 2. The van der Waals surface area contributed by atoms with E-state index in [4.69, 9.17) is 0 Å². The van der Waals surface area contributed by atoms with Gasteiger partial charge in [0.05, 0.1) is 6.54 Å². The minimum Gasteiger partial charge on any atom is -0.311 e. The first-order valence-electron chi connectivity index (χ1n) is 5.00. The van der Waals surface area contributed by atoms with Gasteiger partial charge in [-0.2, -0.15) is 13.2 Å². The largest absolute Gasteiger partial charge is 0.401 e. The Morgan fingerprint density at radius 3 is 2.50 bits per heavy atom. The minimum absolute atomic E-state index is 0.323. The summed E-state index contributed by atoms with van der Waals surface area (Å²) in [6, 6.07) is 2.03. The maximum atomic E-state index is 11.8. The van der Waals surface area contributed by atoms with E-state index < -0.39 is 12.7 Å². The third-order valence-electron chi connectivity index (χ3n) is 2.06.